The van der Waals surface area contributed by atoms with E-state index < -0.39 is 28.6 Å². The highest BCUT2D eigenvalue weighted by atomic mass is 35.5. The van der Waals surface area contributed by atoms with Gasteiger partial charge in [-0.15, -0.1) is 0 Å². The van der Waals surface area contributed by atoms with E-state index in [2.05, 4.69) is 10.2 Å². The Bertz CT molecular complexity index is 1490. The fraction of sp³-hybridized carbons (Fsp3) is 0.179. The van der Waals surface area contributed by atoms with Crippen LogP contribution in [0.1, 0.15) is 19.4 Å². The van der Waals surface area contributed by atoms with Gasteiger partial charge in [-0.05, 0) is 74.1 Å². The first-order chi connectivity index (χ1) is 19.2. The summed E-state index contributed by atoms with van der Waals surface area (Å²) >= 11 is 6.74. The zero-order valence-corrected chi connectivity index (χ0v) is 23.2. The van der Waals surface area contributed by atoms with Crippen LogP contribution in [-0.4, -0.2) is 41.7 Å². The molecule has 0 spiro atoms. The number of thioether (sulfide) groups is 1. The van der Waals surface area contributed by atoms with Gasteiger partial charge < -0.3 is 15.0 Å². The molecule has 12 heteroatoms. The number of nitro groups is 1. The molecule has 3 amide bonds. The van der Waals surface area contributed by atoms with Crippen molar-refractivity contribution in [2.45, 2.75) is 13.8 Å². The summed E-state index contributed by atoms with van der Waals surface area (Å²) in [4.78, 5) is 52.3. The largest absolute Gasteiger partial charge is 0.483 e. The highest BCUT2D eigenvalue weighted by Gasteiger charge is 2.36. The summed E-state index contributed by atoms with van der Waals surface area (Å²) in [6.07, 6.45) is 1.56. The third-order valence-electron chi connectivity index (χ3n) is 5.99. The third kappa shape index (κ3) is 6.61. The molecule has 0 aliphatic carbocycles. The van der Waals surface area contributed by atoms with Crippen LogP contribution in [0.2, 0.25) is 5.02 Å². The summed E-state index contributed by atoms with van der Waals surface area (Å²) in [5.41, 5.74) is 1.86. The zero-order valence-electron chi connectivity index (χ0n) is 21.6. The van der Waals surface area contributed by atoms with E-state index in [9.17, 15) is 24.5 Å². The van der Waals surface area contributed by atoms with E-state index in [-0.39, 0.29) is 16.3 Å². The lowest BCUT2D eigenvalue weighted by Gasteiger charge is -2.22. The Balaban J connectivity index is 1.58. The van der Waals surface area contributed by atoms with Crippen molar-refractivity contribution in [2.75, 3.05) is 34.8 Å². The number of imide groups is 1. The molecule has 206 valence electrons. The molecule has 1 heterocycles. The van der Waals surface area contributed by atoms with Gasteiger partial charge in [-0.2, -0.15) is 0 Å². The molecule has 0 bridgehead atoms. The van der Waals surface area contributed by atoms with Crippen molar-refractivity contribution in [3.63, 3.8) is 0 Å². The Morgan fingerprint density at radius 3 is 2.50 bits per heavy atom. The van der Waals surface area contributed by atoms with E-state index in [1.807, 2.05) is 19.9 Å². The highest BCUT2D eigenvalue weighted by molar-refractivity contribution is 8.19. The average molecular weight is 581 g/mol. The second-order valence-electron chi connectivity index (χ2n) is 8.53. The minimum absolute atomic E-state index is 0.152. The summed E-state index contributed by atoms with van der Waals surface area (Å²) in [6.45, 7) is 5.11. The Hall–Kier alpha value is -4.35. The predicted molar refractivity (Wildman–Crippen MR) is 157 cm³/mol. The van der Waals surface area contributed by atoms with Gasteiger partial charge in [-0.3, -0.25) is 24.5 Å². The molecule has 1 aliphatic heterocycles. The average Bonchev–Trinajstić information content (AvgIpc) is 3.22. The van der Waals surface area contributed by atoms with Crippen molar-refractivity contribution in [3.05, 3.63) is 92.3 Å². The van der Waals surface area contributed by atoms with Crippen molar-refractivity contribution in [1.29, 1.82) is 0 Å². The number of hydrogen-bond acceptors (Lipinski definition) is 8. The summed E-state index contributed by atoms with van der Waals surface area (Å²) in [7, 11) is 0. The molecule has 0 unspecified atom stereocenters. The van der Waals surface area contributed by atoms with Crippen LogP contribution in [0.4, 0.5) is 27.5 Å². The summed E-state index contributed by atoms with van der Waals surface area (Å²) in [6, 6.07) is 17.4. The lowest BCUT2D eigenvalue weighted by molar-refractivity contribution is -0.384. The lowest BCUT2D eigenvalue weighted by Crippen LogP contribution is -2.27. The molecular weight excluding hydrogens is 556 g/mol. The standard InChI is InChI=1S/C28H25ClN4O6S/c1-3-31(4-2)22-11-8-18(14-25-27(35)32(28(36)40-25)21-12-9-19(29)10-13-21)24(16-22)39-17-26(34)30-20-6-5-7-23(15-20)33(37)38/h5-16H,3-4,17H2,1-2H3,(H,30,34)/b25-14-. The summed E-state index contributed by atoms with van der Waals surface area (Å²) in [5.74, 6) is -0.681. The van der Waals surface area contributed by atoms with E-state index in [1.54, 1.807) is 42.5 Å². The molecule has 0 atom stereocenters. The number of nitrogens with zero attached hydrogens (tertiary/aromatic N) is 3. The number of halogens is 1. The molecule has 3 aromatic carbocycles. The second-order valence-corrected chi connectivity index (χ2v) is 9.96. The van der Waals surface area contributed by atoms with Gasteiger partial charge >= 0.3 is 0 Å². The maximum Gasteiger partial charge on any atom is 0.298 e. The Morgan fingerprint density at radius 1 is 1.10 bits per heavy atom. The maximum atomic E-state index is 13.2. The molecule has 1 fully saturated rings. The molecule has 0 saturated carbocycles. The predicted octanol–water partition coefficient (Wildman–Crippen LogP) is 6.35. The molecule has 1 saturated heterocycles. The number of ether oxygens (including phenoxy) is 1. The van der Waals surface area contributed by atoms with E-state index in [1.165, 1.54) is 24.3 Å². The number of non-ortho nitro benzene ring substituents is 1. The zero-order chi connectivity index (χ0) is 28.8. The Labute approximate surface area is 239 Å². The number of rotatable bonds is 10. The molecule has 1 aliphatic rings. The normalized spacial score (nSPS) is 14.0. The molecule has 40 heavy (non-hydrogen) atoms. The van der Waals surface area contributed by atoms with Gasteiger partial charge in [0.2, 0.25) is 0 Å². The van der Waals surface area contributed by atoms with Crippen LogP contribution in [0.3, 0.4) is 0 Å². The molecule has 1 N–H and O–H groups in total. The van der Waals surface area contributed by atoms with Crippen molar-refractivity contribution in [1.82, 2.24) is 0 Å². The van der Waals surface area contributed by atoms with E-state index >= 15 is 0 Å². The van der Waals surface area contributed by atoms with Crippen LogP contribution in [-0.2, 0) is 9.59 Å². The maximum absolute atomic E-state index is 13.2. The summed E-state index contributed by atoms with van der Waals surface area (Å²) in [5, 5.41) is 13.6. The highest BCUT2D eigenvalue weighted by Crippen LogP contribution is 2.38. The van der Waals surface area contributed by atoms with Crippen molar-refractivity contribution in [3.8, 4) is 5.75 Å². The Morgan fingerprint density at radius 2 is 1.82 bits per heavy atom. The number of anilines is 3. The van der Waals surface area contributed by atoms with Gasteiger partial charge in [-0.1, -0.05) is 17.7 Å². The SMILES string of the molecule is CCN(CC)c1ccc(/C=C2\SC(=O)N(c3ccc(Cl)cc3)C2=O)c(OCC(=O)Nc2cccc([N+](=O)[O-])c2)c1. The third-order valence-corrected chi connectivity index (χ3v) is 7.11. The van der Waals surface area contributed by atoms with Gasteiger partial charge in [-0.25, -0.2) is 4.90 Å². The minimum atomic E-state index is -0.550. The first-order valence-electron chi connectivity index (χ1n) is 12.3. The van der Waals surface area contributed by atoms with Crippen molar-refractivity contribution >= 4 is 69.2 Å². The number of carbonyl (C=O) groups is 3. The van der Waals surface area contributed by atoms with Gasteiger partial charge in [0.05, 0.1) is 15.5 Å². The fourth-order valence-electron chi connectivity index (χ4n) is 4.01. The van der Waals surface area contributed by atoms with E-state index in [0.29, 0.717) is 22.0 Å². The van der Waals surface area contributed by atoms with Crippen LogP contribution < -0.4 is 19.9 Å². The van der Waals surface area contributed by atoms with Crippen LogP contribution in [0.15, 0.2) is 71.6 Å². The molecule has 4 rings (SSSR count). The topological polar surface area (TPSA) is 122 Å². The Kier molecular flexibility index (Phi) is 9.08. The second kappa shape index (κ2) is 12.7. The van der Waals surface area contributed by atoms with Crippen LogP contribution in [0.25, 0.3) is 6.08 Å². The smallest absolute Gasteiger partial charge is 0.298 e. The monoisotopic (exact) mass is 580 g/mol. The van der Waals surface area contributed by atoms with E-state index in [4.69, 9.17) is 16.3 Å². The minimum Gasteiger partial charge on any atom is -0.483 e. The van der Waals surface area contributed by atoms with Crippen LogP contribution in [0.5, 0.6) is 5.75 Å². The number of amides is 3. The van der Waals surface area contributed by atoms with Gasteiger partial charge in [0, 0.05) is 53.2 Å². The number of nitrogens with one attached hydrogen (secondary N) is 1. The van der Waals surface area contributed by atoms with Crippen LogP contribution >= 0.6 is 23.4 Å². The number of hydrogen-bond donors (Lipinski definition) is 1. The van der Waals surface area contributed by atoms with Gasteiger partial charge in [0.1, 0.15) is 5.75 Å². The molecule has 10 nitrogen and oxygen atoms in total. The lowest BCUT2D eigenvalue weighted by atomic mass is 10.1. The first kappa shape index (κ1) is 28.7. The summed E-state index contributed by atoms with van der Waals surface area (Å²) < 4.78 is 5.87. The van der Waals surface area contributed by atoms with Crippen molar-refractivity contribution in [2.24, 2.45) is 0 Å². The molecule has 0 aromatic heterocycles. The van der Waals surface area contributed by atoms with Crippen molar-refractivity contribution < 1.29 is 24.0 Å². The molecular formula is C28H25ClN4O6S. The first-order valence-corrected chi connectivity index (χ1v) is 13.5. The molecule has 0 radical (unpaired) electrons. The molecule has 3 aromatic rings. The fourth-order valence-corrected chi connectivity index (χ4v) is 4.97. The van der Waals surface area contributed by atoms with Crippen LogP contribution in [0, 0.1) is 10.1 Å². The number of benzene rings is 3. The van der Waals surface area contributed by atoms with Gasteiger partial charge in [0.15, 0.2) is 6.61 Å². The van der Waals surface area contributed by atoms with E-state index in [0.717, 1.165) is 35.4 Å². The number of nitro benzene ring substituents is 1. The quantitative estimate of drug-likeness (QED) is 0.167. The van der Waals surface area contributed by atoms with Gasteiger partial charge in [0.25, 0.3) is 22.7 Å². The number of carbonyl (C=O) groups excluding carboxylic acids is 3.